The van der Waals surface area contributed by atoms with Crippen LogP contribution < -0.4 is 5.73 Å². The summed E-state index contributed by atoms with van der Waals surface area (Å²) < 4.78 is 17.8. The maximum absolute atomic E-state index is 12.5. The summed E-state index contributed by atoms with van der Waals surface area (Å²) in [6.45, 7) is 0. The number of pyridine rings is 1. The molecule has 2 heterocycles. The zero-order valence-corrected chi connectivity index (χ0v) is 12.4. The average Bonchev–Trinajstić information content (AvgIpc) is 2.79. The van der Waals surface area contributed by atoms with E-state index in [-0.39, 0.29) is 16.4 Å². The molecule has 0 aliphatic rings. The topological polar surface area (TPSA) is 103 Å². The van der Waals surface area contributed by atoms with Crippen LogP contribution in [0.2, 0.25) is 5.02 Å². The average molecular weight is 314 g/mol. The molecule has 0 aromatic carbocycles. The maximum atomic E-state index is 12.5. The van der Waals surface area contributed by atoms with Gasteiger partial charge in [0, 0.05) is 19.5 Å². The molecule has 0 saturated carbocycles. The summed E-state index contributed by atoms with van der Waals surface area (Å²) >= 11 is 5.79. The molecule has 0 bridgehead atoms. The number of carbonyl (C=O) groups excluding carboxylic acids is 1. The van der Waals surface area contributed by atoms with Crippen LogP contribution in [0.5, 0.6) is 0 Å². The van der Waals surface area contributed by atoms with Gasteiger partial charge < -0.3 is 10.3 Å². The van der Waals surface area contributed by atoms with Crippen LogP contribution >= 0.6 is 11.6 Å². The van der Waals surface area contributed by atoms with Crippen LogP contribution in [0.4, 0.5) is 5.82 Å². The van der Waals surface area contributed by atoms with Gasteiger partial charge in [0.25, 0.3) is 5.91 Å². The van der Waals surface area contributed by atoms with Crippen LogP contribution in [0.25, 0.3) is 0 Å². The van der Waals surface area contributed by atoms with Crippen LogP contribution in [0, 0.1) is 0 Å². The van der Waals surface area contributed by atoms with Gasteiger partial charge in [0.15, 0.2) is 0 Å². The number of aromatic nitrogens is 3. The Morgan fingerprint density at radius 2 is 2.20 bits per heavy atom. The quantitative estimate of drug-likeness (QED) is 0.901. The molecule has 106 valence electrons. The number of hydrogen-bond acceptors (Lipinski definition) is 5. The Labute approximate surface area is 121 Å². The van der Waals surface area contributed by atoms with E-state index in [1.54, 1.807) is 11.6 Å². The molecule has 20 heavy (non-hydrogen) atoms. The van der Waals surface area contributed by atoms with Crippen molar-refractivity contribution in [2.45, 2.75) is 5.03 Å². The number of rotatable bonds is 2. The van der Waals surface area contributed by atoms with E-state index in [9.17, 15) is 9.00 Å². The summed E-state index contributed by atoms with van der Waals surface area (Å²) in [4.78, 5) is 19.6. The number of aryl methyl sites for hydroxylation is 1. The number of carbonyl (C=O) groups is 1. The van der Waals surface area contributed by atoms with Gasteiger partial charge in [0.2, 0.25) is 0 Å². The second kappa shape index (κ2) is 5.22. The highest BCUT2D eigenvalue weighted by Crippen LogP contribution is 2.18. The highest BCUT2D eigenvalue weighted by molar-refractivity contribution is 7.93. The van der Waals surface area contributed by atoms with E-state index < -0.39 is 15.6 Å². The lowest BCUT2D eigenvalue weighted by Gasteiger charge is -2.04. The summed E-state index contributed by atoms with van der Waals surface area (Å²) in [5.41, 5.74) is 5.59. The highest BCUT2D eigenvalue weighted by atomic mass is 35.5. The predicted octanol–water partition coefficient (Wildman–Crippen LogP) is 1.35. The SMILES string of the molecule is Cn1cncc1S(C)(=O)=NC(=O)c1cnc(N)c(Cl)c1. The lowest BCUT2D eigenvalue weighted by molar-refractivity contribution is 0.100. The van der Waals surface area contributed by atoms with Gasteiger partial charge in [0.1, 0.15) is 10.8 Å². The van der Waals surface area contributed by atoms with Gasteiger partial charge in [-0.05, 0) is 6.07 Å². The first kappa shape index (κ1) is 14.5. The Bertz CT molecular complexity index is 792. The monoisotopic (exact) mass is 313 g/mol. The van der Waals surface area contributed by atoms with Gasteiger partial charge >= 0.3 is 0 Å². The Kier molecular flexibility index (Phi) is 3.78. The molecule has 0 aliphatic carbocycles. The van der Waals surface area contributed by atoms with E-state index in [1.807, 2.05) is 0 Å². The molecule has 1 amide bonds. The van der Waals surface area contributed by atoms with E-state index in [2.05, 4.69) is 14.3 Å². The molecule has 7 nitrogen and oxygen atoms in total. The predicted molar refractivity (Wildman–Crippen MR) is 76.0 cm³/mol. The van der Waals surface area contributed by atoms with Crippen molar-refractivity contribution in [1.82, 2.24) is 14.5 Å². The molecule has 1 unspecified atom stereocenters. The molecule has 2 N–H and O–H groups in total. The van der Waals surface area contributed by atoms with Crippen LogP contribution in [0.3, 0.4) is 0 Å². The van der Waals surface area contributed by atoms with Gasteiger partial charge in [-0.1, -0.05) is 11.6 Å². The summed E-state index contributed by atoms with van der Waals surface area (Å²) in [5, 5.41) is 0.509. The third kappa shape index (κ3) is 2.81. The lowest BCUT2D eigenvalue weighted by Crippen LogP contribution is -2.08. The third-order valence-corrected chi connectivity index (χ3v) is 4.52. The fourth-order valence-electron chi connectivity index (χ4n) is 1.53. The smallest absolute Gasteiger partial charge is 0.287 e. The second-order valence-corrected chi connectivity index (χ2v) is 6.75. The van der Waals surface area contributed by atoms with E-state index in [1.165, 1.54) is 31.0 Å². The minimum absolute atomic E-state index is 0.118. The summed E-state index contributed by atoms with van der Waals surface area (Å²) in [7, 11) is -1.22. The van der Waals surface area contributed by atoms with E-state index in [4.69, 9.17) is 17.3 Å². The summed E-state index contributed by atoms with van der Waals surface area (Å²) in [5.74, 6) is -0.555. The van der Waals surface area contributed by atoms with Crippen molar-refractivity contribution < 1.29 is 9.00 Å². The van der Waals surface area contributed by atoms with Gasteiger partial charge in [-0.15, -0.1) is 0 Å². The molecule has 2 aromatic heterocycles. The Morgan fingerprint density at radius 1 is 1.50 bits per heavy atom. The van der Waals surface area contributed by atoms with Gasteiger partial charge in [-0.25, -0.2) is 14.2 Å². The number of nitrogens with two attached hydrogens (primary N) is 1. The highest BCUT2D eigenvalue weighted by Gasteiger charge is 2.15. The van der Waals surface area contributed by atoms with Crippen molar-refractivity contribution in [2.75, 3.05) is 12.0 Å². The van der Waals surface area contributed by atoms with Crippen molar-refractivity contribution in [3.63, 3.8) is 0 Å². The number of amides is 1. The first-order valence-corrected chi connectivity index (χ1v) is 7.75. The number of nitrogen functional groups attached to an aromatic ring is 1. The number of nitrogens with zero attached hydrogens (tertiary/aromatic N) is 4. The zero-order chi connectivity index (χ0) is 14.9. The molecule has 0 spiro atoms. The van der Waals surface area contributed by atoms with Crippen LogP contribution in [0.15, 0.2) is 34.2 Å². The number of imidazole rings is 1. The van der Waals surface area contributed by atoms with Crippen LogP contribution in [0.1, 0.15) is 10.4 Å². The van der Waals surface area contributed by atoms with Gasteiger partial charge in [-0.2, -0.15) is 4.36 Å². The molecular formula is C11H12ClN5O2S. The molecule has 0 fully saturated rings. The van der Waals surface area contributed by atoms with Crippen molar-refractivity contribution in [1.29, 1.82) is 0 Å². The van der Waals surface area contributed by atoms with Gasteiger partial charge in [-0.3, -0.25) is 4.79 Å². The molecule has 0 aliphatic heterocycles. The number of anilines is 1. The first-order chi connectivity index (χ1) is 9.31. The van der Waals surface area contributed by atoms with E-state index in [0.717, 1.165) is 0 Å². The van der Waals surface area contributed by atoms with Gasteiger partial charge in [0.05, 0.1) is 32.8 Å². The lowest BCUT2D eigenvalue weighted by atomic mass is 10.3. The van der Waals surface area contributed by atoms with E-state index >= 15 is 0 Å². The van der Waals surface area contributed by atoms with E-state index in [0.29, 0.717) is 5.03 Å². The Hall–Kier alpha value is -1.93. The third-order valence-electron chi connectivity index (χ3n) is 2.53. The van der Waals surface area contributed by atoms with Crippen molar-refractivity contribution in [3.8, 4) is 0 Å². The Balaban J connectivity index is 2.44. The zero-order valence-electron chi connectivity index (χ0n) is 10.8. The van der Waals surface area contributed by atoms with Crippen LogP contribution in [-0.4, -0.2) is 30.9 Å². The molecule has 2 rings (SSSR count). The first-order valence-electron chi connectivity index (χ1n) is 5.45. The largest absolute Gasteiger partial charge is 0.382 e. The fraction of sp³-hybridized carbons (Fsp3) is 0.182. The molecule has 9 heteroatoms. The minimum atomic E-state index is -2.89. The molecule has 0 saturated heterocycles. The Morgan fingerprint density at radius 3 is 2.75 bits per heavy atom. The van der Waals surface area contributed by atoms with Crippen molar-refractivity contribution >= 4 is 33.1 Å². The van der Waals surface area contributed by atoms with Crippen molar-refractivity contribution in [3.05, 3.63) is 35.4 Å². The fourth-order valence-corrected chi connectivity index (χ4v) is 3.05. The molecule has 0 radical (unpaired) electrons. The van der Waals surface area contributed by atoms with Crippen molar-refractivity contribution in [2.24, 2.45) is 11.4 Å². The maximum Gasteiger partial charge on any atom is 0.287 e. The van der Waals surface area contributed by atoms with Crippen LogP contribution in [-0.2, 0) is 16.8 Å². The summed E-state index contributed by atoms with van der Waals surface area (Å²) in [6, 6.07) is 1.34. The standard InChI is InChI=1S/C11H12ClN5O2S/c1-17-6-14-5-9(17)20(2,19)16-11(18)7-3-8(12)10(13)15-4-7/h3-6H,1-2H3,(H2,13,15). The molecule has 1 atom stereocenters. The number of hydrogen-bond donors (Lipinski definition) is 1. The number of halogens is 1. The second-order valence-electron chi connectivity index (χ2n) is 4.13. The summed E-state index contributed by atoms with van der Waals surface area (Å²) in [6.07, 6.45) is 5.51. The minimum Gasteiger partial charge on any atom is -0.382 e. The molecular weight excluding hydrogens is 302 g/mol. The molecule has 2 aromatic rings. The normalized spacial score (nSPS) is 13.8.